The van der Waals surface area contributed by atoms with E-state index in [1.165, 1.54) is 0 Å². The second kappa shape index (κ2) is 9.28. The van der Waals surface area contributed by atoms with E-state index in [1.807, 2.05) is 54.6 Å². The van der Waals surface area contributed by atoms with Crippen LogP contribution in [-0.4, -0.2) is 39.6 Å². The molecule has 0 aliphatic carbocycles. The molecule has 6 heteroatoms. The number of nitrogens with one attached hydrogen (secondary N) is 2. The van der Waals surface area contributed by atoms with Crippen LogP contribution in [-0.2, 0) is 0 Å². The van der Waals surface area contributed by atoms with Gasteiger partial charge in [0.25, 0.3) is 0 Å². The zero-order valence-electron chi connectivity index (χ0n) is 19.0. The summed E-state index contributed by atoms with van der Waals surface area (Å²) < 4.78 is 0. The third-order valence-electron chi connectivity index (χ3n) is 6.03. The van der Waals surface area contributed by atoms with Crippen molar-refractivity contribution in [1.82, 2.24) is 19.9 Å². The number of H-pyrrole nitrogens is 1. The highest BCUT2D eigenvalue weighted by atomic mass is 15.2. The molecule has 0 radical (unpaired) electrons. The predicted molar refractivity (Wildman–Crippen MR) is 137 cm³/mol. The largest absolute Gasteiger partial charge is 0.351 e. The van der Waals surface area contributed by atoms with Crippen molar-refractivity contribution < 1.29 is 0 Å². The maximum Gasteiger partial charge on any atom is 0.224 e. The lowest BCUT2D eigenvalue weighted by Crippen LogP contribution is -2.28. The molecule has 0 fully saturated rings. The molecule has 0 spiro atoms. The number of aromatic nitrogens is 4. The second-order valence-corrected chi connectivity index (χ2v) is 8.32. The van der Waals surface area contributed by atoms with Crippen LogP contribution in [0, 0.1) is 0 Å². The summed E-state index contributed by atoms with van der Waals surface area (Å²) in [6.45, 7) is 3.06. The number of imidazole rings is 1. The van der Waals surface area contributed by atoms with E-state index in [9.17, 15) is 0 Å². The van der Waals surface area contributed by atoms with Crippen LogP contribution in [0.25, 0.3) is 33.2 Å². The van der Waals surface area contributed by atoms with Gasteiger partial charge in [0.2, 0.25) is 11.9 Å². The number of fused-ring (bicyclic) bond motifs is 2. The van der Waals surface area contributed by atoms with Crippen LogP contribution < -0.4 is 10.2 Å². The number of benzene rings is 3. The maximum absolute atomic E-state index is 4.92. The first-order valence-corrected chi connectivity index (χ1v) is 11.5. The minimum Gasteiger partial charge on any atom is -0.351 e. The van der Waals surface area contributed by atoms with Crippen LogP contribution >= 0.6 is 0 Å². The fourth-order valence-corrected chi connectivity index (χ4v) is 4.09. The Balaban J connectivity index is 1.34. The maximum atomic E-state index is 4.92. The van der Waals surface area contributed by atoms with Crippen LogP contribution in [0.3, 0.4) is 0 Å². The zero-order valence-corrected chi connectivity index (χ0v) is 19.0. The monoisotopic (exact) mass is 436 g/mol. The highest BCUT2D eigenvalue weighted by Gasteiger charge is 2.15. The van der Waals surface area contributed by atoms with Crippen molar-refractivity contribution in [2.75, 3.05) is 23.8 Å². The Kier molecular flexibility index (Phi) is 5.89. The molecule has 0 saturated heterocycles. The van der Waals surface area contributed by atoms with Crippen molar-refractivity contribution in [2.45, 2.75) is 25.8 Å². The minimum absolute atomic E-state index is 0.251. The Bertz CT molecular complexity index is 1330. The zero-order chi connectivity index (χ0) is 22.6. The van der Waals surface area contributed by atoms with Crippen molar-refractivity contribution in [2.24, 2.45) is 0 Å². The van der Waals surface area contributed by atoms with Crippen molar-refractivity contribution in [3.8, 4) is 11.3 Å². The lowest BCUT2D eigenvalue weighted by Gasteiger charge is -2.22. The Morgan fingerprint density at radius 3 is 2.36 bits per heavy atom. The molecule has 5 aromatic rings. The highest BCUT2D eigenvalue weighted by molar-refractivity contribution is 5.93. The summed E-state index contributed by atoms with van der Waals surface area (Å²) in [6, 6.07) is 26.9. The van der Waals surface area contributed by atoms with Crippen LogP contribution in [0.1, 0.15) is 19.8 Å². The van der Waals surface area contributed by atoms with Gasteiger partial charge >= 0.3 is 0 Å². The fourth-order valence-electron chi connectivity index (χ4n) is 4.09. The summed E-state index contributed by atoms with van der Waals surface area (Å²) in [5, 5.41) is 4.65. The molecule has 0 saturated carbocycles. The van der Waals surface area contributed by atoms with Crippen LogP contribution in [0.5, 0.6) is 0 Å². The lowest BCUT2D eigenvalue weighted by atomic mass is 10.1. The van der Waals surface area contributed by atoms with Crippen molar-refractivity contribution in [3.63, 3.8) is 0 Å². The standard InChI is InChI=1S/C27H28N6/c1-3-20(17-18-33(2)27-30-23-15-9-10-16-24(23)31-27)28-26-29-22-14-8-7-13-21(22)25(32-26)19-11-5-4-6-12-19/h4-16,20H,3,17-18H2,1-2H3,(H,30,31)(H,28,29,32)/t20-/m1/s1. The molecular weight excluding hydrogens is 408 g/mol. The number of anilines is 2. The number of rotatable bonds is 8. The molecule has 5 rings (SSSR count). The molecule has 166 valence electrons. The average molecular weight is 437 g/mol. The van der Waals surface area contributed by atoms with Gasteiger partial charge in [0.1, 0.15) is 0 Å². The first kappa shape index (κ1) is 20.9. The van der Waals surface area contributed by atoms with Crippen LogP contribution in [0.4, 0.5) is 11.9 Å². The Hall–Kier alpha value is -3.93. The molecule has 2 N–H and O–H groups in total. The normalized spacial score (nSPS) is 12.2. The molecule has 0 aliphatic heterocycles. The van der Waals surface area contributed by atoms with E-state index in [4.69, 9.17) is 15.0 Å². The molecule has 0 amide bonds. The number of hydrogen-bond donors (Lipinski definition) is 2. The summed E-state index contributed by atoms with van der Waals surface area (Å²) in [4.78, 5) is 20.0. The number of nitrogens with zero attached hydrogens (tertiary/aromatic N) is 4. The van der Waals surface area contributed by atoms with Gasteiger partial charge in [-0.2, -0.15) is 0 Å². The second-order valence-electron chi connectivity index (χ2n) is 8.32. The Morgan fingerprint density at radius 2 is 1.58 bits per heavy atom. The van der Waals surface area contributed by atoms with Crippen molar-refractivity contribution in [1.29, 1.82) is 0 Å². The van der Waals surface area contributed by atoms with Gasteiger partial charge < -0.3 is 15.2 Å². The van der Waals surface area contributed by atoms with E-state index in [-0.39, 0.29) is 6.04 Å². The molecule has 0 bridgehead atoms. The SMILES string of the molecule is CC[C@H](CCN(C)c1nc2ccccc2[nH]1)Nc1nc(-c2ccccc2)c2ccccc2n1. The number of aromatic amines is 1. The summed E-state index contributed by atoms with van der Waals surface area (Å²) in [7, 11) is 2.07. The molecule has 6 nitrogen and oxygen atoms in total. The van der Waals surface area contributed by atoms with Crippen molar-refractivity contribution in [3.05, 3.63) is 78.9 Å². The molecule has 0 aliphatic rings. The fraction of sp³-hybridized carbons (Fsp3) is 0.222. The van der Waals surface area contributed by atoms with Gasteiger partial charge in [-0.1, -0.05) is 67.6 Å². The third kappa shape index (κ3) is 4.51. The minimum atomic E-state index is 0.251. The first-order valence-electron chi connectivity index (χ1n) is 11.5. The van der Waals surface area contributed by atoms with E-state index in [2.05, 4.69) is 53.4 Å². The Labute approximate surface area is 193 Å². The number of para-hydroxylation sites is 3. The van der Waals surface area contributed by atoms with E-state index >= 15 is 0 Å². The van der Waals surface area contributed by atoms with Gasteiger partial charge in [0.05, 0.1) is 22.2 Å². The third-order valence-corrected chi connectivity index (χ3v) is 6.03. The molecule has 2 heterocycles. The van der Waals surface area contributed by atoms with Gasteiger partial charge in [-0.15, -0.1) is 0 Å². The van der Waals surface area contributed by atoms with E-state index < -0.39 is 0 Å². The average Bonchev–Trinajstić information content (AvgIpc) is 3.31. The van der Waals surface area contributed by atoms with Crippen LogP contribution in [0.15, 0.2) is 78.9 Å². The summed E-state index contributed by atoms with van der Waals surface area (Å²) >= 11 is 0. The molecule has 1 atom stereocenters. The lowest BCUT2D eigenvalue weighted by molar-refractivity contribution is 0.622. The van der Waals surface area contributed by atoms with Gasteiger partial charge in [-0.25, -0.2) is 15.0 Å². The highest BCUT2D eigenvalue weighted by Crippen LogP contribution is 2.27. The molecule has 3 aromatic carbocycles. The van der Waals surface area contributed by atoms with Gasteiger partial charge in [0.15, 0.2) is 0 Å². The molecular formula is C27H28N6. The summed E-state index contributed by atoms with van der Waals surface area (Å²) in [6.07, 6.45) is 1.92. The van der Waals surface area contributed by atoms with E-state index in [1.54, 1.807) is 0 Å². The number of hydrogen-bond acceptors (Lipinski definition) is 5. The first-order chi connectivity index (χ1) is 16.2. The molecule has 0 unspecified atom stereocenters. The quantitative estimate of drug-likeness (QED) is 0.317. The van der Waals surface area contributed by atoms with E-state index in [0.717, 1.165) is 58.5 Å². The van der Waals surface area contributed by atoms with Gasteiger partial charge in [-0.3, -0.25) is 0 Å². The smallest absolute Gasteiger partial charge is 0.224 e. The summed E-state index contributed by atoms with van der Waals surface area (Å²) in [5.74, 6) is 1.56. The van der Waals surface area contributed by atoms with Crippen molar-refractivity contribution >= 4 is 33.8 Å². The molecule has 33 heavy (non-hydrogen) atoms. The van der Waals surface area contributed by atoms with Gasteiger partial charge in [0, 0.05) is 30.6 Å². The van der Waals surface area contributed by atoms with E-state index in [0.29, 0.717) is 5.95 Å². The molecule has 2 aromatic heterocycles. The Morgan fingerprint density at radius 1 is 0.848 bits per heavy atom. The van der Waals surface area contributed by atoms with Crippen LogP contribution in [0.2, 0.25) is 0 Å². The summed E-state index contributed by atoms with van der Waals surface area (Å²) in [5.41, 5.74) is 5.04. The topological polar surface area (TPSA) is 69.7 Å². The van der Waals surface area contributed by atoms with Gasteiger partial charge in [-0.05, 0) is 31.0 Å². The predicted octanol–water partition coefficient (Wildman–Crippen LogP) is 5.89.